The Hall–Kier alpha value is -2.34. The first-order valence-corrected chi connectivity index (χ1v) is 6.77. The molecule has 0 radical (unpaired) electrons. The van der Waals surface area contributed by atoms with E-state index in [-0.39, 0.29) is 6.04 Å². The summed E-state index contributed by atoms with van der Waals surface area (Å²) in [5.41, 5.74) is 8.25. The van der Waals surface area contributed by atoms with Crippen molar-refractivity contribution in [3.63, 3.8) is 0 Å². The summed E-state index contributed by atoms with van der Waals surface area (Å²) in [4.78, 5) is 12.6. The molecule has 108 valence electrons. The second kappa shape index (κ2) is 5.21. The molecule has 2 heterocycles. The zero-order valence-electron chi connectivity index (χ0n) is 11.6. The molecule has 2 aromatic heterocycles. The van der Waals surface area contributed by atoms with E-state index in [1.807, 2.05) is 35.8 Å². The fraction of sp³-hybridized carbons (Fsp3) is 0.214. The molecule has 3 aromatic rings. The number of hydrogen-bond acceptors (Lipinski definition) is 5. The lowest BCUT2D eigenvalue weighted by Crippen LogP contribution is -2.10. The van der Waals surface area contributed by atoms with Crippen molar-refractivity contribution < 1.29 is 4.74 Å². The zero-order valence-corrected chi connectivity index (χ0v) is 12.4. The molecule has 1 aromatic carbocycles. The van der Waals surface area contributed by atoms with Gasteiger partial charge in [0.15, 0.2) is 11.2 Å². The minimum Gasteiger partial charge on any atom is -0.479 e. The molecular weight excluding hydrogens is 290 g/mol. The third-order valence-corrected chi connectivity index (χ3v) is 3.62. The summed E-state index contributed by atoms with van der Waals surface area (Å²) in [6, 6.07) is 7.56. The number of aromatic nitrogens is 4. The number of halogens is 1. The monoisotopic (exact) mass is 303 g/mol. The minimum atomic E-state index is -0.0618. The van der Waals surface area contributed by atoms with Crippen molar-refractivity contribution in [3.05, 3.63) is 41.2 Å². The third-order valence-electron chi connectivity index (χ3n) is 3.38. The molecule has 0 bridgehead atoms. The maximum absolute atomic E-state index is 6.05. The SMILES string of the molecule is COc1ncnc2c1nc(N)n2C(C)c1cccc(Cl)c1. The maximum Gasteiger partial charge on any atom is 0.245 e. The number of nitrogens with two attached hydrogens (primary N) is 1. The number of hydrogen-bond donors (Lipinski definition) is 1. The van der Waals surface area contributed by atoms with Gasteiger partial charge in [0.1, 0.15) is 6.33 Å². The van der Waals surface area contributed by atoms with E-state index in [9.17, 15) is 0 Å². The molecule has 0 saturated carbocycles. The third kappa shape index (κ3) is 2.27. The van der Waals surface area contributed by atoms with Gasteiger partial charge in [0.05, 0.1) is 13.2 Å². The second-order valence-electron chi connectivity index (χ2n) is 4.63. The van der Waals surface area contributed by atoms with Crippen LogP contribution in [0.3, 0.4) is 0 Å². The highest BCUT2D eigenvalue weighted by atomic mass is 35.5. The number of methoxy groups -OCH3 is 1. The summed E-state index contributed by atoms with van der Waals surface area (Å²) in [5, 5.41) is 0.676. The highest BCUT2D eigenvalue weighted by Crippen LogP contribution is 2.29. The molecule has 7 heteroatoms. The summed E-state index contributed by atoms with van der Waals surface area (Å²) < 4.78 is 7.04. The summed E-state index contributed by atoms with van der Waals surface area (Å²) in [6.45, 7) is 2.01. The molecule has 0 aliphatic rings. The normalized spacial score (nSPS) is 12.5. The van der Waals surface area contributed by atoms with E-state index in [4.69, 9.17) is 22.1 Å². The number of imidazole rings is 1. The molecule has 2 N–H and O–H groups in total. The second-order valence-corrected chi connectivity index (χ2v) is 5.06. The van der Waals surface area contributed by atoms with Gasteiger partial charge in [-0.2, -0.15) is 4.98 Å². The van der Waals surface area contributed by atoms with Crippen LogP contribution in [0.2, 0.25) is 5.02 Å². The largest absolute Gasteiger partial charge is 0.479 e. The van der Waals surface area contributed by atoms with Gasteiger partial charge in [-0.1, -0.05) is 23.7 Å². The van der Waals surface area contributed by atoms with Gasteiger partial charge >= 0.3 is 0 Å². The Morgan fingerprint density at radius 1 is 1.33 bits per heavy atom. The molecule has 21 heavy (non-hydrogen) atoms. The molecular formula is C14H14ClN5O. The minimum absolute atomic E-state index is 0.0618. The van der Waals surface area contributed by atoms with E-state index in [2.05, 4.69) is 15.0 Å². The number of rotatable bonds is 3. The highest BCUT2D eigenvalue weighted by molar-refractivity contribution is 6.30. The summed E-state index contributed by atoms with van der Waals surface area (Å²) in [6.07, 6.45) is 1.43. The van der Waals surface area contributed by atoms with Crippen LogP contribution >= 0.6 is 11.6 Å². The van der Waals surface area contributed by atoms with Crippen LogP contribution in [0, 0.1) is 0 Å². The van der Waals surface area contributed by atoms with Crippen molar-refractivity contribution in [2.45, 2.75) is 13.0 Å². The standard InChI is InChI=1S/C14H14ClN5O/c1-8(9-4-3-5-10(15)6-9)20-12-11(19-14(20)16)13(21-2)18-7-17-12/h3-8H,1-2H3,(H2,16,19). The summed E-state index contributed by atoms with van der Waals surface area (Å²) >= 11 is 6.05. The highest BCUT2D eigenvalue weighted by Gasteiger charge is 2.19. The molecule has 0 aliphatic heterocycles. The van der Waals surface area contributed by atoms with Crippen molar-refractivity contribution in [2.24, 2.45) is 0 Å². The fourth-order valence-electron chi connectivity index (χ4n) is 2.35. The van der Waals surface area contributed by atoms with Crippen LogP contribution in [0.4, 0.5) is 5.95 Å². The lowest BCUT2D eigenvalue weighted by Gasteiger charge is -2.16. The summed E-state index contributed by atoms with van der Waals surface area (Å²) in [7, 11) is 1.54. The Labute approximate surface area is 126 Å². The van der Waals surface area contributed by atoms with Gasteiger partial charge in [0, 0.05) is 5.02 Å². The maximum atomic E-state index is 6.05. The van der Waals surface area contributed by atoms with E-state index in [0.717, 1.165) is 5.56 Å². The smallest absolute Gasteiger partial charge is 0.245 e. The quantitative estimate of drug-likeness (QED) is 0.804. The molecule has 3 rings (SSSR count). The number of fused-ring (bicyclic) bond motifs is 1. The number of nitrogen functional groups attached to an aromatic ring is 1. The molecule has 0 spiro atoms. The van der Waals surface area contributed by atoms with Crippen LogP contribution in [-0.4, -0.2) is 26.6 Å². The molecule has 0 aliphatic carbocycles. The van der Waals surface area contributed by atoms with Gasteiger partial charge in [0.2, 0.25) is 11.8 Å². The predicted octanol–water partition coefficient (Wildman–Crippen LogP) is 2.68. The lowest BCUT2D eigenvalue weighted by atomic mass is 10.1. The van der Waals surface area contributed by atoms with Crippen molar-refractivity contribution in [1.29, 1.82) is 0 Å². The fourth-order valence-corrected chi connectivity index (χ4v) is 2.55. The van der Waals surface area contributed by atoms with Gasteiger partial charge < -0.3 is 10.5 Å². The number of nitrogens with zero attached hydrogens (tertiary/aromatic N) is 4. The molecule has 6 nitrogen and oxygen atoms in total. The van der Waals surface area contributed by atoms with Crippen LogP contribution in [0.25, 0.3) is 11.2 Å². The van der Waals surface area contributed by atoms with Gasteiger partial charge in [-0.25, -0.2) is 9.97 Å². The van der Waals surface area contributed by atoms with Gasteiger partial charge in [-0.3, -0.25) is 4.57 Å². The van der Waals surface area contributed by atoms with Gasteiger partial charge in [-0.15, -0.1) is 0 Å². The Balaban J connectivity index is 2.18. The first-order chi connectivity index (χ1) is 10.1. The Morgan fingerprint density at radius 3 is 2.86 bits per heavy atom. The van der Waals surface area contributed by atoms with Gasteiger partial charge in [0.25, 0.3) is 0 Å². The molecule has 0 amide bonds. The van der Waals surface area contributed by atoms with Crippen molar-refractivity contribution in [1.82, 2.24) is 19.5 Å². The Morgan fingerprint density at radius 2 is 2.14 bits per heavy atom. The number of ether oxygens (including phenoxy) is 1. The van der Waals surface area contributed by atoms with Crippen LogP contribution < -0.4 is 10.5 Å². The number of benzene rings is 1. The van der Waals surface area contributed by atoms with E-state index < -0.39 is 0 Å². The van der Waals surface area contributed by atoms with Crippen LogP contribution in [-0.2, 0) is 0 Å². The van der Waals surface area contributed by atoms with Crippen LogP contribution in [0.15, 0.2) is 30.6 Å². The van der Waals surface area contributed by atoms with Crippen molar-refractivity contribution >= 4 is 28.7 Å². The van der Waals surface area contributed by atoms with E-state index >= 15 is 0 Å². The first-order valence-electron chi connectivity index (χ1n) is 6.39. The van der Waals surface area contributed by atoms with Gasteiger partial charge in [-0.05, 0) is 24.6 Å². The average Bonchev–Trinajstić information content (AvgIpc) is 2.82. The van der Waals surface area contributed by atoms with E-state index in [0.29, 0.717) is 28.0 Å². The van der Waals surface area contributed by atoms with Crippen LogP contribution in [0.5, 0.6) is 5.88 Å². The van der Waals surface area contributed by atoms with E-state index in [1.54, 1.807) is 0 Å². The molecule has 1 unspecified atom stereocenters. The Kier molecular flexibility index (Phi) is 3.39. The zero-order chi connectivity index (χ0) is 15.0. The topological polar surface area (TPSA) is 78.8 Å². The molecule has 0 saturated heterocycles. The predicted molar refractivity (Wildman–Crippen MR) is 81.6 cm³/mol. The van der Waals surface area contributed by atoms with E-state index in [1.165, 1.54) is 13.4 Å². The van der Waals surface area contributed by atoms with Crippen LogP contribution in [0.1, 0.15) is 18.5 Å². The summed E-state index contributed by atoms with van der Waals surface area (Å²) in [5.74, 6) is 0.764. The average molecular weight is 304 g/mol. The van der Waals surface area contributed by atoms with Crippen molar-refractivity contribution in [2.75, 3.05) is 12.8 Å². The lowest BCUT2D eigenvalue weighted by molar-refractivity contribution is 0.401. The first kappa shape index (κ1) is 13.6. The Bertz CT molecular complexity index is 801. The molecule has 1 atom stereocenters. The van der Waals surface area contributed by atoms with Crippen molar-refractivity contribution in [3.8, 4) is 5.88 Å². The number of anilines is 1. The molecule has 0 fully saturated rings.